The SMILES string of the molecule is Cl.NC1C2CCC(C2)C1C(=O)NCc1cccc(F)c1. The number of fused-ring (bicyclic) bond motifs is 2. The Balaban J connectivity index is 0.00000147. The highest BCUT2D eigenvalue weighted by Gasteiger charge is 2.48. The molecule has 0 aliphatic heterocycles. The van der Waals surface area contributed by atoms with E-state index in [2.05, 4.69) is 5.32 Å². The van der Waals surface area contributed by atoms with Crippen molar-refractivity contribution >= 4 is 18.3 Å². The molecular weight excluding hydrogens is 279 g/mol. The van der Waals surface area contributed by atoms with Gasteiger partial charge >= 0.3 is 0 Å². The second kappa shape index (κ2) is 6.10. The van der Waals surface area contributed by atoms with Crippen molar-refractivity contribution in [1.29, 1.82) is 0 Å². The molecule has 0 saturated heterocycles. The molecule has 2 fully saturated rings. The predicted molar refractivity (Wildman–Crippen MR) is 77.8 cm³/mol. The number of amides is 1. The molecule has 3 N–H and O–H groups in total. The Morgan fingerprint density at radius 1 is 1.35 bits per heavy atom. The Kier molecular flexibility index (Phi) is 4.66. The highest BCUT2D eigenvalue weighted by Crippen LogP contribution is 2.47. The molecule has 0 radical (unpaired) electrons. The van der Waals surface area contributed by atoms with Crippen LogP contribution >= 0.6 is 12.4 Å². The zero-order chi connectivity index (χ0) is 13.4. The van der Waals surface area contributed by atoms with Crippen LogP contribution in [-0.2, 0) is 11.3 Å². The molecule has 110 valence electrons. The zero-order valence-electron chi connectivity index (χ0n) is 11.2. The highest BCUT2D eigenvalue weighted by molar-refractivity contribution is 5.85. The minimum absolute atomic E-state index is 0. The summed E-state index contributed by atoms with van der Waals surface area (Å²) in [4.78, 5) is 12.2. The number of carbonyl (C=O) groups excluding carboxylic acids is 1. The molecule has 0 heterocycles. The Morgan fingerprint density at radius 2 is 2.10 bits per heavy atom. The third-order valence-corrected chi connectivity index (χ3v) is 4.64. The van der Waals surface area contributed by atoms with E-state index in [0.29, 0.717) is 18.4 Å². The molecule has 2 bridgehead atoms. The van der Waals surface area contributed by atoms with E-state index in [4.69, 9.17) is 5.73 Å². The first-order valence-corrected chi connectivity index (χ1v) is 6.93. The van der Waals surface area contributed by atoms with E-state index in [0.717, 1.165) is 18.4 Å². The van der Waals surface area contributed by atoms with Crippen molar-refractivity contribution in [2.75, 3.05) is 0 Å². The van der Waals surface area contributed by atoms with Gasteiger partial charge in [0.1, 0.15) is 5.82 Å². The maximum absolute atomic E-state index is 13.0. The van der Waals surface area contributed by atoms with Crippen molar-refractivity contribution in [3.8, 4) is 0 Å². The average molecular weight is 299 g/mol. The van der Waals surface area contributed by atoms with E-state index in [1.807, 2.05) is 6.07 Å². The van der Waals surface area contributed by atoms with E-state index < -0.39 is 0 Å². The summed E-state index contributed by atoms with van der Waals surface area (Å²) in [6.45, 7) is 0.372. The summed E-state index contributed by atoms with van der Waals surface area (Å²) < 4.78 is 13.0. The van der Waals surface area contributed by atoms with Gasteiger partial charge in [-0.1, -0.05) is 12.1 Å². The van der Waals surface area contributed by atoms with Gasteiger partial charge in [-0.05, 0) is 48.8 Å². The van der Waals surface area contributed by atoms with Crippen LogP contribution in [0.25, 0.3) is 0 Å². The summed E-state index contributed by atoms with van der Waals surface area (Å²) >= 11 is 0. The van der Waals surface area contributed by atoms with Crippen LogP contribution in [0.5, 0.6) is 0 Å². The fourth-order valence-electron chi connectivity index (χ4n) is 3.68. The van der Waals surface area contributed by atoms with E-state index in [1.165, 1.54) is 18.6 Å². The van der Waals surface area contributed by atoms with Crippen molar-refractivity contribution in [3.05, 3.63) is 35.6 Å². The Labute approximate surface area is 124 Å². The summed E-state index contributed by atoms with van der Waals surface area (Å²) in [7, 11) is 0. The van der Waals surface area contributed by atoms with Crippen LogP contribution in [0.4, 0.5) is 4.39 Å². The molecule has 3 rings (SSSR count). The first kappa shape index (κ1) is 15.3. The van der Waals surface area contributed by atoms with Crippen molar-refractivity contribution in [1.82, 2.24) is 5.32 Å². The second-order valence-electron chi connectivity index (χ2n) is 5.78. The lowest BCUT2D eigenvalue weighted by Gasteiger charge is -2.27. The van der Waals surface area contributed by atoms with Crippen LogP contribution in [0.15, 0.2) is 24.3 Å². The predicted octanol–water partition coefficient (Wildman–Crippen LogP) is 2.24. The largest absolute Gasteiger partial charge is 0.352 e. The Morgan fingerprint density at radius 3 is 2.75 bits per heavy atom. The molecule has 2 aliphatic carbocycles. The fraction of sp³-hybridized carbons (Fsp3) is 0.533. The molecule has 4 atom stereocenters. The molecule has 2 aliphatic rings. The van der Waals surface area contributed by atoms with Crippen molar-refractivity contribution < 1.29 is 9.18 Å². The Bertz CT molecular complexity index is 495. The average Bonchev–Trinajstić information content (AvgIpc) is 2.97. The number of nitrogens with two attached hydrogens (primary N) is 1. The topological polar surface area (TPSA) is 55.1 Å². The first-order valence-electron chi connectivity index (χ1n) is 6.93. The summed E-state index contributed by atoms with van der Waals surface area (Å²) in [5, 5.41) is 2.90. The van der Waals surface area contributed by atoms with Gasteiger partial charge in [0.2, 0.25) is 5.91 Å². The molecule has 0 aromatic heterocycles. The molecule has 2 saturated carbocycles. The quantitative estimate of drug-likeness (QED) is 0.899. The molecule has 1 amide bonds. The number of carbonyl (C=O) groups is 1. The monoisotopic (exact) mass is 298 g/mol. The minimum Gasteiger partial charge on any atom is -0.352 e. The molecule has 3 nitrogen and oxygen atoms in total. The van der Waals surface area contributed by atoms with E-state index >= 15 is 0 Å². The summed E-state index contributed by atoms with van der Waals surface area (Å²) in [6, 6.07) is 6.31. The molecule has 0 spiro atoms. The molecular formula is C15H20ClFN2O. The lowest BCUT2D eigenvalue weighted by Crippen LogP contribution is -2.45. The van der Waals surface area contributed by atoms with E-state index in [1.54, 1.807) is 6.07 Å². The number of benzene rings is 1. The minimum atomic E-state index is -0.275. The fourth-order valence-corrected chi connectivity index (χ4v) is 3.68. The normalized spacial score (nSPS) is 30.9. The first-order chi connectivity index (χ1) is 9.15. The van der Waals surface area contributed by atoms with Crippen LogP contribution < -0.4 is 11.1 Å². The van der Waals surface area contributed by atoms with E-state index in [9.17, 15) is 9.18 Å². The summed E-state index contributed by atoms with van der Waals surface area (Å²) in [5.41, 5.74) is 6.92. The Hall–Kier alpha value is -1.13. The number of halogens is 2. The number of rotatable bonds is 3. The molecule has 5 heteroatoms. The summed E-state index contributed by atoms with van der Waals surface area (Å²) in [5.74, 6) is 0.682. The van der Waals surface area contributed by atoms with Crippen LogP contribution in [0.2, 0.25) is 0 Å². The molecule has 1 aromatic rings. The number of nitrogens with one attached hydrogen (secondary N) is 1. The zero-order valence-corrected chi connectivity index (χ0v) is 12.0. The third-order valence-electron chi connectivity index (χ3n) is 4.64. The van der Waals surface area contributed by atoms with Gasteiger partial charge in [0.15, 0.2) is 0 Å². The van der Waals surface area contributed by atoms with Crippen molar-refractivity contribution in [2.24, 2.45) is 23.5 Å². The van der Waals surface area contributed by atoms with Gasteiger partial charge in [-0.15, -0.1) is 12.4 Å². The van der Waals surface area contributed by atoms with Gasteiger partial charge in [-0.2, -0.15) is 0 Å². The van der Waals surface area contributed by atoms with Crippen LogP contribution in [0.1, 0.15) is 24.8 Å². The van der Waals surface area contributed by atoms with Gasteiger partial charge in [0.25, 0.3) is 0 Å². The van der Waals surface area contributed by atoms with Gasteiger partial charge in [0, 0.05) is 12.6 Å². The van der Waals surface area contributed by atoms with Crippen LogP contribution in [0.3, 0.4) is 0 Å². The second-order valence-corrected chi connectivity index (χ2v) is 5.78. The maximum atomic E-state index is 13.0. The third kappa shape index (κ3) is 2.81. The maximum Gasteiger partial charge on any atom is 0.225 e. The van der Waals surface area contributed by atoms with Gasteiger partial charge in [0.05, 0.1) is 5.92 Å². The van der Waals surface area contributed by atoms with Crippen molar-refractivity contribution in [2.45, 2.75) is 31.8 Å². The molecule has 20 heavy (non-hydrogen) atoms. The smallest absolute Gasteiger partial charge is 0.225 e. The molecule has 1 aromatic carbocycles. The standard InChI is InChI=1S/C15H19FN2O.ClH/c16-12-3-1-2-9(6-12)8-18-15(19)13-10-4-5-11(7-10)14(13)17;/h1-3,6,10-11,13-14H,4-5,7-8,17H2,(H,18,19);1H. The van der Waals surface area contributed by atoms with Crippen LogP contribution in [-0.4, -0.2) is 11.9 Å². The lowest BCUT2D eigenvalue weighted by atomic mass is 9.84. The summed E-state index contributed by atoms with van der Waals surface area (Å²) in [6.07, 6.45) is 3.38. The highest BCUT2D eigenvalue weighted by atomic mass is 35.5. The van der Waals surface area contributed by atoms with Gasteiger partial charge < -0.3 is 11.1 Å². The number of hydrogen-bond donors (Lipinski definition) is 2. The molecule has 4 unspecified atom stereocenters. The number of hydrogen-bond acceptors (Lipinski definition) is 2. The van der Waals surface area contributed by atoms with Gasteiger partial charge in [-0.3, -0.25) is 4.79 Å². The van der Waals surface area contributed by atoms with Crippen LogP contribution in [0, 0.1) is 23.6 Å². The van der Waals surface area contributed by atoms with Gasteiger partial charge in [-0.25, -0.2) is 4.39 Å². The van der Waals surface area contributed by atoms with Crippen molar-refractivity contribution in [3.63, 3.8) is 0 Å². The van der Waals surface area contributed by atoms with E-state index in [-0.39, 0.29) is 36.1 Å². The lowest BCUT2D eigenvalue weighted by molar-refractivity contribution is -0.127.